The highest BCUT2D eigenvalue weighted by Crippen LogP contribution is 2.41. The molecule has 4 fully saturated rings. The Morgan fingerprint density at radius 3 is 2.28 bits per heavy atom. The zero-order valence-corrected chi connectivity index (χ0v) is 17.3. The Morgan fingerprint density at radius 1 is 0.862 bits per heavy atom. The van der Waals surface area contributed by atoms with E-state index in [1.165, 1.54) is 12.8 Å². The molecule has 5 rings (SSSR count). The minimum Gasteiger partial charge on any atom is -0.341 e. The van der Waals surface area contributed by atoms with E-state index in [1.807, 2.05) is 35.2 Å². The maximum atomic E-state index is 13.7. The van der Waals surface area contributed by atoms with Crippen LogP contribution >= 0.6 is 0 Å². The van der Waals surface area contributed by atoms with Crippen LogP contribution in [-0.4, -0.2) is 59.9 Å². The standard InChI is InChI=1S/C24H33N3O2/c28-23(17-6-2-1-3-7-17)27-21-9-5-4-8-18(21)14-22(27)24(29)26-12-10-19-15-25-16-20(19)11-13-26/h1-3,6-7,18-22,25H,4-5,8-16H2/t18?,19-,20+,21?,22?. The van der Waals surface area contributed by atoms with Crippen molar-refractivity contribution < 1.29 is 9.59 Å². The lowest BCUT2D eigenvalue weighted by Crippen LogP contribution is -2.51. The van der Waals surface area contributed by atoms with Gasteiger partial charge in [0.2, 0.25) is 5.91 Å². The first kappa shape index (κ1) is 19.1. The van der Waals surface area contributed by atoms with Crippen molar-refractivity contribution in [2.45, 2.75) is 57.0 Å². The first-order valence-corrected chi connectivity index (χ1v) is 11.6. The Hall–Kier alpha value is -1.88. The molecule has 4 aliphatic rings. The van der Waals surface area contributed by atoms with Gasteiger partial charge >= 0.3 is 0 Å². The highest BCUT2D eigenvalue weighted by molar-refractivity contribution is 5.98. The molecule has 5 atom stereocenters. The van der Waals surface area contributed by atoms with E-state index in [-0.39, 0.29) is 23.9 Å². The normalized spacial score (nSPS) is 34.4. The molecule has 3 aliphatic heterocycles. The van der Waals surface area contributed by atoms with E-state index in [2.05, 4.69) is 10.2 Å². The highest BCUT2D eigenvalue weighted by atomic mass is 16.2. The van der Waals surface area contributed by atoms with Crippen molar-refractivity contribution in [3.05, 3.63) is 35.9 Å². The van der Waals surface area contributed by atoms with E-state index in [4.69, 9.17) is 0 Å². The van der Waals surface area contributed by atoms with Crippen LogP contribution in [0.5, 0.6) is 0 Å². The molecule has 1 saturated carbocycles. The Balaban J connectivity index is 1.37. The molecule has 1 aliphatic carbocycles. The third-order valence-corrected chi connectivity index (χ3v) is 7.96. The van der Waals surface area contributed by atoms with Crippen LogP contribution in [0.1, 0.15) is 55.3 Å². The third-order valence-electron chi connectivity index (χ3n) is 7.96. The lowest BCUT2D eigenvalue weighted by molar-refractivity contribution is -0.135. The van der Waals surface area contributed by atoms with Crippen LogP contribution in [0.25, 0.3) is 0 Å². The van der Waals surface area contributed by atoms with Gasteiger partial charge in [-0.2, -0.15) is 0 Å². The fraction of sp³-hybridized carbons (Fsp3) is 0.667. The molecule has 156 valence electrons. The smallest absolute Gasteiger partial charge is 0.254 e. The zero-order chi connectivity index (χ0) is 19.8. The van der Waals surface area contributed by atoms with Crippen LogP contribution in [0.3, 0.4) is 0 Å². The van der Waals surface area contributed by atoms with E-state index in [9.17, 15) is 9.59 Å². The summed E-state index contributed by atoms with van der Waals surface area (Å²) in [6, 6.07) is 9.52. The Labute approximate surface area is 173 Å². The molecule has 0 bridgehead atoms. The number of amides is 2. The molecule has 0 radical (unpaired) electrons. The lowest BCUT2D eigenvalue weighted by Gasteiger charge is -2.35. The maximum absolute atomic E-state index is 13.7. The SMILES string of the molecule is O=C(C1CC2CCCCC2N1C(=O)c1ccccc1)N1CC[C@@H]2CNC[C@@H]2CC1. The first-order valence-electron chi connectivity index (χ1n) is 11.6. The number of fused-ring (bicyclic) bond motifs is 2. The van der Waals surface area contributed by atoms with Crippen LogP contribution in [0, 0.1) is 17.8 Å². The van der Waals surface area contributed by atoms with Gasteiger partial charge in [-0.1, -0.05) is 31.0 Å². The molecule has 3 heterocycles. The summed E-state index contributed by atoms with van der Waals surface area (Å²) in [5, 5.41) is 3.51. The van der Waals surface area contributed by atoms with Crippen molar-refractivity contribution in [3.8, 4) is 0 Å². The number of likely N-dealkylation sites (tertiary alicyclic amines) is 2. The van der Waals surface area contributed by atoms with E-state index < -0.39 is 0 Å². The molecule has 3 unspecified atom stereocenters. The second-order valence-corrected chi connectivity index (χ2v) is 9.52. The van der Waals surface area contributed by atoms with Crippen LogP contribution in [-0.2, 0) is 4.79 Å². The summed E-state index contributed by atoms with van der Waals surface area (Å²) in [5.41, 5.74) is 0.716. The Morgan fingerprint density at radius 2 is 1.55 bits per heavy atom. The third kappa shape index (κ3) is 3.58. The topological polar surface area (TPSA) is 52.7 Å². The average molecular weight is 396 g/mol. The summed E-state index contributed by atoms with van der Waals surface area (Å²) in [6.07, 6.45) is 7.64. The van der Waals surface area contributed by atoms with Gasteiger partial charge in [-0.3, -0.25) is 9.59 Å². The first-order chi connectivity index (χ1) is 14.2. The van der Waals surface area contributed by atoms with E-state index >= 15 is 0 Å². The number of carbonyl (C=O) groups is 2. The van der Waals surface area contributed by atoms with Gasteiger partial charge in [0.05, 0.1) is 0 Å². The van der Waals surface area contributed by atoms with Gasteiger partial charge in [-0.05, 0) is 75.1 Å². The number of benzene rings is 1. The number of nitrogens with zero attached hydrogens (tertiary/aromatic N) is 2. The second kappa shape index (κ2) is 8.10. The molecule has 3 saturated heterocycles. The summed E-state index contributed by atoms with van der Waals surface area (Å²) < 4.78 is 0. The molecule has 5 heteroatoms. The number of nitrogens with one attached hydrogen (secondary N) is 1. The van der Waals surface area contributed by atoms with E-state index in [0.717, 1.165) is 58.3 Å². The van der Waals surface area contributed by atoms with Crippen LogP contribution in [0.2, 0.25) is 0 Å². The summed E-state index contributed by atoms with van der Waals surface area (Å²) >= 11 is 0. The van der Waals surface area contributed by atoms with Crippen molar-refractivity contribution >= 4 is 11.8 Å². The molecule has 29 heavy (non-hydrogen) atoms. The summed E-state index contributed by atoms with van der Waals surface area (Å²) in [7, 11) is 0. The minimum absolute atomic E-state index is 0.0502. The number of hydrogen-bond donors (Lipinski definition) is 1. The molecule has 1 N–H and O–H groups in total. The molecular formula is C24H33N3O2. The minimum atomic E-state index is -0.271. The lowest BCUT2D eigenvalue weighted by atomic mass is 9.84. The summed E-state index contributed by atoms with van der Waals surface area (Å²) in [4.78, 5) is 31.2. The molecule has 2 amide bonds. The van der Waals surface area contributed by atoms with Gasteiger partial charge < -0.3 is 15.1 Å². The number of rotatable bonds is 2. The second-order valence-electron chi connectivity index (χ2n) is 9.52. The largest absolute Gasteiger partial charge is 0.341 e. The van der Waals surface area contributed by atoms with Crippen molar-refractivity contribution in [2.75, 3.05) is 26.2 Å². The molecule has 1 aromatic carbocycles. The fourth-order valence-corrected chi connectivity index (χ4v) is 6.35. The van der Waals surface area contributed by atoms with Crippen molar-refractivity contribution in [1.29, 1.82) is 0 Å². The fourth-order valence-electron chi connectivity index (χ4n) is 6.35. The number of carbonyl (C=O) groups excluding carboxylic acids is 2. The molecule has 5 nitrogen and oxygen atoms in total. The molecule has 0 aromatic heterocycles. The Bertz CT molecular complexity index is 738. The maximum Gasteiger partial charge on any atom is 0.254 e. The predicted octanol–water partition coefficient (Wildman–Crippen LogP) is 2.92. The van der Waals surface area contributed by atoms with Crippen LogP contribution in [0.4, 0.5) is 0 Å². The summed E-state index contributed by atoms with van der Waals surface area (Å²) in [6.45, 7) is 3.89. The van der Waals surface area contributed by atoms with Gasteiger partial charge in [0.25, 0.3) is 5.91 Å². The van der Waals surface area contributed by atoms with E-state index in [0.29, 0.717) is 23.3 Å². The monoisotopic (exact) mass is 395 g/mol. The van der Waals surface area contributed by atoms with Crippen LogP contribution < -0.4 is 5.32 Å². The highest BCUT2D eigenvalue weighted by Gasteiger charge is 2.48. The van der Waals surface area contributed by atoms with Crippen molar-refractivity contribution in [2.24, 2.45) is 17.8 Å². The van der Waals surface area contributed by atoms with Crippen molar-refractivity contribution in [3.63, 3.8) is 0 Å². The molecule has 1 aromatic rings. The summed E-state index contributed by atoms with van der Waals surface area (Å²) in [5.74, 6) is 2.16. The van der Waals surface area contributed by atoms with Gasteiger partial charge in [0.1, 0.15) is 6.04 Å². The average Bonchev–Trinajstić information content (AvgIpc) is 3.32. The van der Waals surface area contributed by atoms with Gasteiger partial charge in [-0.25, -0.2) is 0 Å². The molecular weight excluding hydrogens is 362 g/mol. The van der Waals surface area contributed by atoms with Crippen molar-refractivity contribution in [1.82, 2.24) is 15.1 Å². The quantitative estimate of drug-likeness (QED) is 0.838. The van der Waals surface area contributed by atoms with Gasteiger partial charge in [0, 0.05) is 24.7 Å². The van der Waals surface area contributed by atoms with Gasteiger partial charge in [0.15, 0.2) is 0 Å². The zero-order valence-electron chi connectivity index (χ0n) is 17.3. The van der Waals surface area contributed by atoms with E-state index in [1.54, 1.807) is 0 Å². The van der Waals surface area contributed by atoms with Gasteiger partial charge in [-0.15, -0.1) is 0 Å². The van der Waals surface area contributed by atoms with Crippen LogP contribution in [0.15, 0.2) is 30.3 Å². The predicted molar refractivity (Wildman–Crippen MR) is 112 cm³/mol. The molecule has 0 spiro atoms. The number of hydrogen-bond acceptors (Lipinski definition) is 3. The Kier molecular flexibility index (Phi) is 5.33.